The van der Waals surface area contributed by atoms with Gasteiger partial charge in [-0.05, 0) is 32.1 Å². The van der Waals surface area contributed by atoms with Gasteiger partial charge >= 0.3 is 0 Å². The molecule has 5 heteroatoms. The van der Waals surface area contributed by atoms with E-state index in [4.69, 9.17) is 4.74 Å². The van der Waals surface area contributed by atoms with Gasteiger partial charge in [0.05, 0.1) is 12.5 Å². The predicted molar refractivity (Wildman–Crippen MR) is 85.7 cm³/mol. The quantitative estimate of drug-likeness (QED) is 0.776. The monoisotopic (exact) mass is 320 g/mol. The highest BCUT2D eigenvalue weighted by Crippen LogP contribution is 2.34. The third-order valence-electron chi connectivity index (χ3n) is 6.02. The number of hydrogen-bond acceptors (Lipinski definition) is 3. The van der Waals surface area contributed by atoms with Crippen LogP contribution in [-0.2, 0) is 14.3 Å². The van der Waals surface area contributed by atoms with E-state index in [1.54, 1.807) is 0 Å². The summed E-state index contributed by atoms with van der Waals surface area (Å²) in [6, 6.07) is 0.830. The maximum absolute atomic E-state index is 13.0. The fraction of sp³-hybridized carbons (Fsp3) is 0.889. The zero-order valence-corrected chi connectivity index (χ0v) is 13.9. The second kappa shape index (κ2) is 6.42. The molecule has 0 unspecified atom stereocenters. The van der Waals surface area contributed by atoms with Gasteiger partial charge in [0.15, 0.2) is 0 Å². The number of rotatable bonds is 5. The van der Waals surface area contributed by atoms with Crippen molar-refractivity contribution in [1.29, 1.82) is 0 Å². The van der Waals surface area contributed by atoms with E-state index in [0.717, 1.165) is 51.9 Å². The van der Waals surface area contributed by atoms with Gasteiger partial charge in [-0.25, -0.2) is 0 Å². The summed E-state index contributed by atoms with van der Waals surface area (Å²) in [5, 5.41) is 0. The van der Waals surface area contributed by atoms with Crippen LogP contribution in [0.4, 0.5) is 0 Å². The van der Waals surface area contributed by atoms with Crippen molar-refractivity contribution in [3.63, 3.8) is 0 Å². The Morgan fingerprint density at radius 1 is 1.17 bits per heavy atom. The highest BCUT2D eigenvalue weighted by Gasteiger charge is 2.43. The molecular formula is C18H28N2O3. The minimum atomic E-state index is -0.106. The molecule has 0 aromatic heterocycles. The van der Waals surface area contributed by atoms with E-state index in [0.29, 0.717) is 31.0 Å². The molecule has 4 rings (SSSR count). The van der Waals surface area contributed by atoms with Crippen LogP contribution in [0.25, 0.3) is 0 Å². The number of hydrogen-bond donors (Lipinski definition) is 0. The lowest BCUT2D eigenvalue weighted by Gasteiger charge is -2.28. The van der Waals surface area contributed by atoms with Gasteiger partial charge in [0.1, 0.15) is 0 Å². The average molecular weight is 320 g/mol. The van der Waals surface area contributed by atoms with Crippen LogP contribution in [0.15, 0.2) is 0 Å². The molecule has 2 heterocycles. The molecule has 2 saturated carbocycles. The second-order valence-corrected chi connectivity index (χ2v) is 7.84. The van der Waals surface area contributed by atoms with Gasteiger partial charge in [-0.2, -0.15) is 0 Å². The van der Waals surface area contributed by atoms with Crippen molar-refractivity contribution >= 4 is 11.8 Å². The molecule has 4 fully saturated rings. The minimum absolute atomic E-state index is 0.106. The Bertz CT molecular complexity index is 465. The van der Waals surface area contributed by atoms with Crippen LogP contribution in [0.5, 0.6) is 0 Å². The van der Waals surface area contributed by atoms with Crippen LogP contribution in [0.3, 0.4) is 0 Å². The smallest absolute Gasteiger partial charge is 0.228 e. The first kappa shape index (κ1) is 15.4. The molecule has 0 N–H and O–H groups in total. The Kier molecular flexibility index (Phi) is 4.31. The maximum atomic E-state index is 13.0. The summed E-state index contributed by atoms with van der Waals surface area (Å²) in [7, 11) is 0. The number of amides is 2. The Labute approximate surface area is 138 Å². The summed E-state index contributed by atoms with van der Waals surface area (Å²) < 4.78 is 5.46. The van der Waals surface area contributed by atoms with Crippen molar-refractivity contribution in [3.8, 4) is 0 Å². The molecular weight excluding hydrogens is 292 g/mol. The summed E-state index contributed by atoms with van der Waals surface area (Å²) in [6.45, 7) is 3.10. The average Bonchev–Trinajstić information content (AvgIpc) is 2.99. The van der Waals surface area contributed by atoms with Crippen LogP contribution < -0.4 is 0 Å². The summed E-state index contributed by atoms with van der Waals surface area (Å²) in [5.41, 5.74) is 0. The van der Waals surface area contributed by atoms with Gasteiger partial charge in [-0.3, -0.25) is 9.59 Å². The van der Waals surface area contributed by atoms with Crippen LogP contribution in [0.2, 0.25) is 0 Å². The highest BCUT2D eigenvalue weighted by atomic mass is 16.5. The number of carbonyl (C=O) groups excluding carboxylic acids is 2. The first-order valence-electron chi connectivity index (χ1n) is 9.40. The van der Waals surface area contributed by atoms with E-state index in [9.17, 15) is 9.59 Å². The van der Waals surface area contributed by atoms with Gasteiger partial charge in [-0.1, -0.05) is 12.8 Å². The van der Waals surface area contributed by atoms with Crippen LogP contribution in [-0.4, -0.2) is 60.0 Å². The molecule has 23 heavy (non-hydrogen) atoms. The molecule has 0 aromatic carbocycles. The molecule has 2 aliphatic heterocycles. The zero-order valence-electron chi connectivity index (χ0n) is 13.9. The number of likely N-dealkylation sites (tertiary alicyclic amines) is 1. The van der Waals surface area contributed by atoms with E-state index in [1.807, 2.05) is 4.90 Å². The number of nitrogens with zero attached hydrogens (tertiary/aromatic N) is 2. The molecule has 0 aromatic rings. The van der Waals surface area contributed by atoms with Crippen LogP contribution in [0, 0.1) is 11.8 Å². The van der Waals surface area contributed by atoms with E-state index in [-0.39, 0.29) is 17.7 Å². The molecule has 128 valence electrons. The molecule has 0 bridgehead atoms. The molecule has 5 nitrogen and oxygen atoms in total. The third-order valence-corrected chi connectivity index (χ3v) is 6.02. The third kappa shape index (κ3) is 3.25. The van der Waals surface area contributed by atoms with E-state index >= 15 is 0 Å². The van der Waals surface area contributed by atoms with Gasteiger partial charge < -0.3 is 14.5 Å². The van der Waals surface area contributed by atoms with E-state index in [1.165, 1.54) is 12.8 Å². The van der Waals surface area contributed by atoms with Crippen LogP contribution in [0.1, 0.15) is 51.4 Å². The summed E-state index contributed by atoms with van der Waals surface area (Å²) in [5.74, 6) is 0.817. The van der Waals surface area contributed by atoms with E-state index < -0.39 is 0 Å². The van der Waals surface area contributed by atoms with E-state index in [2.05, 4.69) is 4.90 Å². The van der Waals surface area contributed by atoms with Crippen molar-refractivity contribution in [2.24, 2.45) is 11.8 Å². The fourth-order valence-electron chi connectivity index (χ4n) is 4.51. The number of ether oxygens (including phenoxy) is 1. The predicted octanol–water partition coefficient (Wildman–Crippen LogP) is 1.80. The molecule has 4 aliphatic rings. The van der Waals surface area contributed by atoms with Crippen molar-refractivity contribution in [2.75, 3.05) is 26.3 Å². The van der Waals surface area contributed by atoms with Crippen molar-refractivity contribution < 1.29 is 14.3 Å². The summed E-state index contributed by atoms with van der Waals surface area (Å²) >= 11 is 0. The van der Waals surface area contributed by atoms with Gasteiger partial charge in [0, 0.05) is 44.1 Å². The molecule has 2 saturated heterocycles. The normalized spacial score (nSPS) is 32.0. The molecule has 0 radical (unpaired) electrons. The standard InChI is InChI=1S/C18H28N2O3/c21-17-9-14(11-19(17)15-3-1-2-4-15)18(22)20(16-5-6-16)10-13-7-8-23-12-13/h13-16H,1-12H2/t13-,14-/m1/s1. The molecule has 0 spiro atoms. The topological polar surface area (TPSA) is 49.9 Å². The lowest BCUT2D eigenvalue weighted by Crippen LogP contribution is -2.42. The van der Waals surface area contributed by atoms with Gasteiger partial charge in [-0.15, -0.1) is 0 Å². The minimum Gasteiger partial charge on any atom is -0.381 e. The molecule has 2 aliphatic carbocycles. The van der Waals surface area contributed by atoms with Gasteiger partial charge in [0.25, 0.3) is 0 Å². The molecule has 2 atom stereocenters. The molecule has 2 amide bonds. The first-order valence-corrected chi connectivity index (χ1v) is 9.40. The van der Waals surface area contributed by atoms with Crippen molar-refractivity contribution in [3.05, 3.63) is 0 Å². The fourth-order valence-corrected chi connectivity index (χ4v) is 4.51. The Hall–Kier alpha value is -1.10. The van der Waals surface area contributed by atoms with Crippen molar-refractivity contribution in [2.45, 2.75) is 63.5 Å². The second-order valence-electron chi connectivity index (χ2n) is 7.84. The lowest BCUT2D eigenvalue weighted by molar-refractivity contribution is -0.137. The Morgan fingerprint density at radius 2 is 1.96 bits per heavy atom. The summed E-state index contributed by atoms with van der Waals surface area (Å²) in [4.78, 5) is 29.5. The highest BCUT2D eigenvalue weighted by molar-refractivity contribution is 5.89. The maximum Gasteiger partial charge on any atom is 0.228 e. The SMILES string of the molecule is O=C1C[C@@H](C(=O)N(C[C@H]2CCOC2)C2CC2)CN1C1CCCC1. The zero-order chi connectivity index (χ0) is 15.8. The van der Waals surface area contributed by atoms with Crippen LogP contribution >= 0.6 is 0 Å². The Morgan fingerprint density at radius 3 is 2.61 bits per heavy atom. The first-order chi connectivity index (χ1) is 11.2. The number of carbonyl (C=O) groups is 2. The Balaban J connectivity index is 1.39. The largest absolute Gasteiger partial charge is 0.381 e. The van der Waals surface area contributed by atoms with Gasteiger partial charge in [0.2, 0.25) is 11.8 Å². The van der Waals surface area contributed by atoms with Crippen molar-refractivity contribution in [1.82, 2.24) is 9.80 Å². The summed E-state index contributed by atoms with van der Waals surface area (Å²) in [6.07, 6.45) is 8.45. The lowest BCUT2D eigenvalue weighted by atomic mass is 10.0.